The van der Waals surface area contributed by atoms with E-state index in [1.54, 1.807) is 0 Å². The lowest BCUT2D eigenvalue weighted by atomic mass is 10.1. The molecule has 0 spiro atoms. The third-order valence-electron chi connectivity index (χ3n) is 3.82. The van der Waals surface area contributed by atoms with Gasteiger partial charge in [-0.2, -0.15) is 0 Å². The Bertz CT molecular complexity index is 267. The second kappa shape index (κ2) is 23.8. The van der Waals surface area contributed by atoms with E-state index in [0.717, 1.165) is 6.42 Å². The van der Waals surface area contributed by atoms with Gasteiger partial charge in [0.25, 0.3) is 0 Å². The van der Waals surface area contributed by atoms with E-state index < -0.39 is 0 Å². The van der Waals surface area contributed by atoms with Gasteiger partial charge in [-0.15, -0.1) is 0 Å². The van der Waals surface area contributed by atoms with Crippen molar-refractivity contribution in [3.63, 3.8) is 0 Å². The van der Waals surface area contributed by atoms with Crippen molar-refractivity contribution >= 4 is 0 Å². The minimum absolute atomic E-state index is 0.0420. The van der Waals surface area contributed by atoms with Crippen molar-refractivity contribution in [2.75, 3.05) is 79.3 Å². The van der Waals surface area contributed by atoms with Gasteiger partial charge in [0.15, 0.2) is 0 Å². The van der Waals surface area contributed by atoms with Crippen LogP contribution in [0.4, 0.5) is 0 Å². The number of ether oxygens (including phenoxy) is 6. The zero-order valence-corrected chi connectivity index (χ0v) is 17.5. The van der Waals surface area contributed by atoms with Gasteiger partial charge < -0.3 is 33.5 Å². The molecule has 0 aliphatic heterocycles. The largest absolute Gasteiger partial charge is 0.394 e. The highest BCUT2D eigenvalue weighted by atomic mass is 16.6. The molecule has 0 aliphatic carbocycles. The van der Waals surface area contributed by atoms with Gasteiger partial charge in [0.2, 0.25) is 0 Å². The van der Waals surface area contributed by atoms with E-state index in [9.17, 15) is 0 Å². The Morgan fingerprint density at radius 2 is 1.04 bits per heavy atom. The number of hydrogen-bond acceptors (Lipinski definition) is 7. The molecule has 0 aliphatic rings. The summed E-state index contributed by atoms with van der Waals surface area (Å²) in [5.41, 5.74) is 0. The monoisotopic (exact) mass is 394 g/mol. The standard InChI is InChI=1S/C20H42O7/c1-3-4-5-6-7-20(2)27-19-18-26-17-16-25-15-14-24-13-12-23-11-10-22-9-8-21/h20-21H,3-19H2,1-2H3. The molecule has 1 N–H and O–H groups in total. The molecule has 0 aromatic rings. The van der Waals surface area contributed by atoms with Gasteiger partial charge in [0.05, 0.1) is 85.4 Å². The van der Waals surface area contributed by atoms with E-state index in [2.05, 4.69) is 13.8 Å². The summed E-state index contributed by atoms with van der Waals surface area (Å²) in [6.45, 7) is 10.3. The number of aliphatic hydroxyl groups is 1. The molecule has 0 heterocycles. The Balaban J connectivity index is 3.06. The smallest absolute Gasteiger partial charge is 0.0704 e. The summed E-state index contributed by atoms with van der Waals surface area (Å²) in [5, 5.41) is 8.53. The molecule has 1 unspecified atom stereocenters. The zero-order valence-electron chi connectivity index (χ0n) is 17.5. The summed E-state index contributed by atoms with van der Waals surface area (Å²) in [4.78, 5) is 0. The summed E-state index contributed by atoms with van der Waals surface area (Å²) in [6.07, 6.45) is 6.58. The van der Waals surface area contributed by atoms with Crippen molar-refractivity contribution < 1.29 is 33.5 Å². The first-order valence-electron chi connectivity index (χ1n) is 10.4. The zero-order chi connectivity index (χ0) is 19.8. The molecule has 0 saturated heterocycles. The summed E-state index contributed by atoms with van der Waals surface area (Å²) < 4.78 is 32.4. The summed E-state index contributed by atoms with van der Waals surface area (Å²) >= 11 is 0. The van der Waals surface area contributed by atoms with E-state index in [1.807, 2.05) is 0 Å². The molecule has 1 atom stereocenters. The van der Waals surface area contributed by atoms with Crippen LogP contribution in [-0.2, 0) is 28.4 Å². The van der Waals surface area contributed by atoms with Crippen molar-refractivity contribution in [3.05, 3.63) is 0 Å². The van der Waals surface area contributed by atoms with Gasteiger partial charge in [-0.1, -0.05) is 32.6 Å². The van der Waals surface area contributed by atoms with Crippen LogP contribution in [0.15, 0.2) is 0 Å². The maximum absolute atomic E-state index is 8.53. The Morgan fingerprint density at radius 3 is 1.48 bits per heavy atom. The van der Waals surface area contributed by atoms with Crippen LogP contribution >= 0.6 is 0 Å². The maximum Gasteiger partial charge on any atom is 0.0704 e. The van der Waals surface area contributed by atoms with Gasteiger partial charge >= 0.3 is 0 Å². The number of aliphatic hydroxyl groups excluding tert-OH is 1. The average molecular weight is 395 g/mol. The van der Waals surface area contributed by atoms with Crippen LogP contribution in [0.25, 0.3) is 0 Å². The first-order chi connectivity index (χ1) is 13.3. The van der Waals surface area contributed by atoms with Gasteiger partial charge in [0, 0.05) is 0 Å². The van der Waals surface area contributed by atoms with Crippen LogP contribution in [0.2, 0.25) is 0 Å². The lowest BCUT2D eigenvalue weighted by molar-refractivity contribution is -0.0248. The average Bonchev–Trinajstić information content (AvgIpc) is 2.67. The van der Waals surface area contributed by atoms with Gasteiger partial charge in [-0.25, -0.2) is 0 Å². The lowest BCUT2D eigenvalue weighted by Gasteiger charge is -2.13. The Labute approximate surface area is 165 Å². The fraction of sp³-hybridized carbons (Fsp3) is 1.00. The minimum Gasteiger partial charge on any atom is -0.394 e. The first kappa shape index (κ1) is 26.7. The highest BCUT2D eigenvalue weighted by Crippen LogP contribution is 2.07. The molecule has 164 valence electrons. The Morgan fingerprint density at radius 1 is 0.593 bits per heavy atom. The first-order valence-corrected chi connectivity index (χ1v) is 10.4. The molecule has 7 nitrogen and oxygen atoms in total. The van der Waals surface area contributed by atoms with Crippen molar-refractivity contribution in [1.82, 2.24) is 0 Å². The van der Waals surface area contributed by atoms with Crippen LogP contribution < -0.4 is 0 Å². The second-order valence-electron chi connectivity index (χ2n) is 6.32. The molecule has 27 heavy (non-hydrogen) atoms. The Kier molecular flexibility index (Phi) is 23.5. The van der Waals surface area contributed by atoms with E-state index in [4.69, 9.17) is 33.5 Å². The van der Waals surface area contributed by atoms with Crippen LogP contribution in [0.5, 0.6) is 0 Å². The fourth-order valence-corrected chi connectivity index (χ4v) is 2.30. The molecule has 0 amide bonds. The quantitative estimate of drug-likeness (QED) is 0.267. The van der Waals surface area contributed by atoms with E-state index in [0.29, 0.717) is 78.8 Å². The molecular formula is C20H42O7. The number of hydrogen-bond donors (Lipinski definition) is 1. The molecule has 0 aromatic carbocycles. The van der Waals surface area contributed by atoms with Crippen LogP contribution in [0.1, 0.15) is 46.0 Å². The summed E-state index contributed by atoms with van der Waals surface area (Å²) in [7, 11) is 0. The van der Waals surface area contributed by atoms with Gasteiger partial charge in [0.1, 0.15) is 0 Å². The van der Waals surface area contributed by atoms with Crippen molar-refractivity contribution in [2.24, 2.45) is 0 Å². The molecular weight excluding hydrogens is 352 g/mol. The third kappa shape index (κ3) is 23.7. The van der Waals surface area contributed by atoms with Crippen molar-refractivity contribution in [1.29, 1.82) is 0 Å². The molecule has 0 rings (SSSR count). The SMILES string of the molecule is CCCCCCC(C)OCCOCCOCCOCCOCCOCCO. The maximum atomic E-state index is 8.53. The predicted molar refractivity (Wildman–Crippen MR) is 105 cm³/mol. The normalized spacial score (nSPS) is 12.6. The molecule has 0 saturated carbocycles. The molecule has 7 heteroatoms. The molecule has 0 fully saturated rings. The molecule has 0 radical (unpaired) electrons. The molecule has 0 aromatic heterocycles. The highest BCUT2D eigenvalue weighted by Gasteiger charge is 2.01. The Hall–Kier alpha value is -0.280. The van der Waals surface area contributed by atoms with Crippen LogP contribution in [0, 0.1) is 0 Å². The topological polar surface area (TPSA) is 75.6 Å². The van der Waals surface area contributed by atoms with Crippen molar-refractivity contribution in [3.8, 4) is 0 Å². The molecule has 0 bridgehead atoms. The van der Waals surface area contributed by atoms with Gasteiger partial charge in [-0.3, -0.25) is 0 Å². The fourth-order valence-electron chi connectivity index (χ4n) is 2.30. The lowest BCUT2D eigenvalue weighted by Crippen LogP contribution is -2.15. The summed E-state index contributed by atoms with van der Waals surface area (Å²) in [5.74, 6) is 0. The van der Waals surface area contributed by atoms with Crippen molar-refractivity contribution in [2.45, 2.75) is 52.1 Å². The predicted octanol–water partition coefficient (Wildman–Crippen LogP) is 2.44. The van der Waals surface area contributed by atoms with Gasteiger partial charge in [-0.05, 0) is 13.3 Å². The highest BCUT2D eigenvalue weighted by molar-refractivity contribution is 4.51. The number of unbranched alkanes of at least 4 members (excludes halogenated alkanes) is 3. The van der Waals surface area contributed by atoms with E-state index in [1.165, 1.54) is 25.7 Å². The van der Waals surface area contributed by atoms with E-state index in [-0.39, 0.29) is 6.61 Å². The number of rotatable bonds is 23. The van der Waals surface area contributed by atoms with Crippen LogP contribution in [-0.4, -0.2) is 90.5 Å². The minimum atomic E-state index is 0.0420. The van der Waals surface area contributed by atoms with Crippen LogP contribution in [0.3, 0.4) is 0 Å². The van der Waals surface area contributed by atoms with E-state index >= 15 is 0 Å². The summed E-state index contributed by atoms with van der Waals surface area (Å²) in [6, 6.07) is 0. The third-order valence-corrected chi connectivity index (χ3v) is 3.82. The second-order valence-corrected chi connectivity index (χ2v) is 6.32.